The lowest BCUT2D eigenvalue weighted by Gasteiger charge is -2.41. The maximum Gasteiger partial charge on any atom is 0.00697 e. The first-order valence-electron chi connectivity index (χ1n) is 8.61. The maximum absolute atomic E-state index is 2.75. The SMILES string of the molecule is CC1CCCC(C)N1CCCN1C(C)CCCC1C.Cl.Cl. The number of hydrogen-bond donors (Lipinski definition) is 0. The minimum absolute atomic E-state index is 0. The molecule has 0 aliphatic carbocycles. The van der Waals surface area contributed by atoms with E-state index in [1.54, 1.807) is 0 Å². The van der Waals surface area contributed by atoms with Crippen LogP contribution in [-0.2, 0) is 0 Å². The number of rotatable bonds is 4. The molecule has 2 aliphatic heterocycles. The van der Waals surface area contributed by atoms with Crippen molar-refractivity contribution in [2.24, 2.45) is 0 Å². The molecule has 2 rings (SSSR count). The second-order valence-corrected chi connectivity index (χ2v) is 7.09. The molecule has 2 fully saturated rings. The van der Waals surface area contributed by atoms with Crippen LogP contribution in [0.3, 0.4) is 0 Å². The van der Waals surface area contributed by atoms with E-state index in [0.717, 1.165) is 24.2 Å². The Kier molecular flexibility index (Phi) is 10.6. The van der Waals surface area contributed by atoms with Crippen molar-refractivity contribution in [2.75, 3.05) is 13.1 Å². The van der Waals surface area contributed by atoms with Crippen LogP contribution in [0.2, 0.25) is 0 Å². The van der Waals surface area contributed by atoms with Crippen LogP contribution < -0.4 is 0 Å². The molecule has 128 valence electrons. The first-order valence-corrected chi connectivity index (χ1v) is 8.61. The monoisotopic (exact) mass is 338 g/mol. The van der Waals surface area contributed by atoms with Crippen LogP contribution >= 0.6 is 24.8 Å². The molecule has 2 heterocycles. The van der Waals surface area contributed by atoms with Gasteiger partial charge < -0.3 is 0 Å². The quantitative estimate of drug-likeness (QED) is 0.729. The number of likely N-dealkylation sites (tertiary alicyclic amines) is 2. The molecule has 4 atom stereocenters. The Morgan fingerprint density at radius 3 is 1.19 bits per heavy atom. The highest BCUT2D eigenvalue weighted by atomic mass is 35.5. The third-order valence-corrected chi connectivity index (χ3v) is 5.58. The van der Waals surface area contributed by atoms with Gasteiger partial charge in [0.15, 0.2) is 0 Å². The van der Waals surface area contributed by atoms with E-state index in [2.05, 4.69) is 37.5 Å². The van der Waals surface area contributed by atoms with Gasteiger partial charge in [-0.05, 0) is 72.9 Å². The summed E-state index contributed by atoms with van der Waals surface area (Å²) in [5.74, 6) is 0. The van der Waals surface area contributed by atoms with Crippen LogP contribution in [0.15, 0.2) is 0 Å². The molecule has 0 N–H and O–H groups in total. The van der Waals surface area contributed by atoms with E-state index in [0.29, 0.717) is 0 Å². The van der Waals surface area contributed by atoms with Crippen molar-refractivity contribution < 1.29 is 0 Å². The Morgan fingerprint density at radius 1 is 0.619 bits per heavy atom. The summed E-state index contributed by atoms with van der Waals surface area (Å²) in [5, 5.41) is 0. The van der Waals surface area contributed by atoms with Crippen LogP contribution in [0.4, 0.5) is 0 Å². The summed E-state index contributed by atoms with van der Waals surface area (Å²) in [6, 6.07) is 3.22. The molecule has 0 radical (unpaired) electrons. The van der Waals surface area contributed by atoms with Crippen molar-refractivity contribution in [3.8, 4) is 0 Å². The van der Waals surface area contributed by atoms with Crippen LogP contribution in [0.1, 0.15) is 72.6 Å². The average Bonchev–Trinajstić information content (AvgIpc) is 2.36. The number of halogens is 2. The van der Waals surface area contributed by atoms with Crippen molar-refractivity contribution in [2.45, 2.75) is 96.8 Å². The zero-order valence-electron chi connectivity index (χ0n) is 14.4. The van der Waals surface area contributed by atoms with Crippen LogP contribution in [0.5, 0.6) is 0 Å². The van der Waals surface area contributed by atoms with Gasteiger partial charge in [-0.2, -0.15) is 0 Å². The average molecular weight is 339 g/mol. The van der Waals surface area contributed by atoms with Gasteiger partial charge in [-0.3, -0.25) is 9.80 Å². The molecule has 0 saturated carbocycles. The normalized spacial score (nSPS) is 34.9. The fraction of sp³-hybridized carbons (Fsp3) is 1.00. The Morgan fingerprint density at radius 2 is 0.905 bits per heavy atom. The van der Waals surface area contributed by atoms with E-state index in [4.69, 9.17) is 0 Å². The van der Waals surface area contributed by atoms with Gasteiger partial charge in [0.2, 0.25) is 0 Å². The molecule has 2 aliphatic rings. The number of piperidine rings is 2. The minimum atomic E-state index is 0. The Balaban J connectivity index is 0.00000200. The summed E-state index contributed by atoms with van der Waals surface area (Å²) in [4.78, 5) is 5.51. The maximum atomic E-state index is 2.75. The van der Waals surface area contributed by atoms with Crippen molar-refractivity contribution in [1.82, 2.24) is 9.80 Å². The minimum Gasteiger partial charge on any atom is -0.298 e. The highest BCUT2D eigenvalue weighted by molar-refractivity contribution is 5.85. The summed E-state index contributed by atoms with van der Waals surface area (Å²) in [6.07, 6.45) is 9.82. The molecule has 2 nitrogen and oxygen atoms in total. The highest BCUT2D eigenvalue weighted by Crippen LogP contribution is 2.24. The zero-order valence-corrected chi connectivity index (χ0v) is 16.0. The topological polar surface area (TPSA) is 6.48 Å². The highest BCUT2D eigenvalue weighted by Gasteiger charge is 2.26. The fourth-order valence-corrected chi connectivity index (χ4v) is 4.27. The molecule has 0 aromatic carbocycles. The molecule has 4 heteroatoms. The predicted octanol–water partition coefficient (Wildman–Crippen LogP) is 4.75. The third-order valence-electron chi connectivity index (χ3n) is 5.58. The lowest BCUT2D eigenvalue weighted by atomic mass is 9.96. The molecule has 0 spiro atoms. The number of hydrogen-bond acceptors (Lipinski definition) is 2. The van der Waals surface area contributed by atoms with E-state index < -0.39 is 0 Å². The van der Waals surface area contributed by atoms with Gasteiger partial charge >= 0.3 is 0 Å². The van der Waals surface area contributed by atoms with Gasteiger partial charge in [-0.25, -0.2) is 0 Å². The van der Waals surface area contributed by atoms with E-state index in [1.807, 2.05) is 0 Å². The summed E-state index contributed by atoms with van der Waals surface area (Å²) in [6.45, 7) is 12.3. The van der Waals surface area contributed by atoms with Gasteiger partial charge in [-0.15, -0.1) is 24.8 Å². The van der Waals surface area contributed by atoms with Crippen LogP contribution in [0, 0.1) is 0 Å². The van der Waals surface area contributed by atoms with E-state index in [-0.39, 0.29) is 24.8 Å². The summed E-state index contributed by atoms with van der Waals surface area (Å²) >= 11 is 0. The molecule has 0 bridgehead atoms. The van der Waals surface area contributed by atoms with Gasteiger partial charge in [0, 0.05) is 24.2 Å². The van der Waals surface area contributed by atoms with Crippen molar-refractivity contribution in [3.63, 3.8) is 0 Å². The summed E-state index contributed by atoms with van der Waals surface area (Å²) in [5.41, 5.74) is 0. The second-order valence-electron chi connectivity index (χ2n) is 7.09. The first-order chi connectivity index (χ1) is 9.09. The van der Waals surface area contributed by atoms with Gasteiger partial charge in [0.25, 0.3) is 0 Å². The fourth-order valence-electron chi connectivity index (χ4n) is 4.27. The molecule has 0 aromatic rings. The largest absolute Gasteiger partial charge is 0.298 e. The second kappa shape index (κ2) is 10.3. The smallest absolute Gasteiger partial charge is 0.00697 e. The zero-order chi connectivity index (χ0) is 13.8. The van der Waals surface area contributed by atoms with Gasteiger partial charge in [-0.1, -0.05) is 12.8 Å². The van der Waals surface area contributed by atoms with Gasteiger partial charge in [0.1, 0.15) is 0 Å². The van der Waals surface area contributed by atoms with Crippen molar-refractivity contribution in [1.29, 1.82) is 0 Å². The van der Waals surface area contributed by atoms with Gasteiger partial charge in [0.05, 0.1) is 0 Å². The Hall–Kier alpha value is 0.500. The van der Waals surface area contributed by atoms with E-state index in [9.17, 15) is 0 Å². The molecule has 4 unspecified atom stereocenters. The number of nitrogens with zero attached hydrogens (tertiary/aromatic N) is 2. The third kappa shape index (κ3) is 5.89. The standard InChI is InChI=1S/C17H34N2.2ClH/c1-14-8-5-9-15(2)18(14)12-7-13-19-16(3)10-6-11-17(19)4;;/h14-17H,5-13H2,1-4H3;2*1H. The Labute approximate surface area is 144 Å². The summed E-state index contributed by atoms with van der Waals surface area (Å²) < 4.78 is 0. The molecule has 0 aromatic heterocycles. The molecule has 2 saturated heterocycles. The first kappa shape index (κ1) is 21.5. The summed E-state index contributed by atoms with van der Waals surface area (Å²) in [7, 11) is 0. The molecule has 0 amide bonds. The van der Waals surface area contributed by atoms with E-state index in [1.165, 1.54) is 58.0 Å². The molecular weight excluding hydrogens is 303 g/mol. The Bertz CT molecular complexity index is 230. The van der Waals surface area contributed by atoms with E-state index >= 15 is 0 Å². The molecule has 21 heavy (non-hydrogen) atoms. The van der Waals surface area contributed by atoms with Crippen LogP contribution in [0.25, 0.3) is 0 Å². The van der Waals surface area contributed by atoms with Crippen molar-refractivity contribution in [3.05, 3.63) is 0 Å². The predicted molar refractivity (Wildman–Crippen MR) is 98.1 cm³/mol. The lowest BCUT2D eigenvalue weighted by molar-refractivity contribution is 0.0729. The van der Waals surface area contributed by atoms with Crippen LogP contribution in [-0.4, -0.2) is 47.1 Å². The molecular formula is C17H36Cl2N2. The lowest BCUT2D eigenvalue weighted by Crippen LogP contribution is -2.47. The van der Waals surface area contributed by atoms with Crippen molar-refractivity contribution >= 4 is 24.8 Å².